The molecule has 1 aromatic rings. The van der Waals surface area contributed by atoms with Crippen molar-refractivity contribution in [2.45, 2.75) is 12.7 Å². The summed E-state index contributed by atoms with van der Waals surface area (Å²) >= 11 is 1.84. The number of hydrogen-bond acceptors (Lipinski definition) is 3. The molecule has 2 nitrogen and oxygen atoms in total. The lowest BCUT2D eigenvalue weighted by Crippen LogP contribution is -2.01. The summed E-state index contributed by atoms with van der Waals surface area (Å²) in [7, 11) is 1.71. The van der Waals surface area contributed by atoms with Gasteiger partial charge < -0.3 is 10.5 Å². The van der Waals surface area contributed by atoms with Crippen molar-refractivity contribution in [3.63, 3.8) is 0 Å². The van der Waals surface area contributed by atoms with Crippen LogP contribution in [0.4, 0.5) is 0 Å². The maximum Gasteiger partial charge on any atom is 0.122 e. The lowest BCUT2D eigenvalue weighted by molar-refractivity contribution is 0.411. The van der Waals surface area contributed by atoms with Crippen LogP contribution in [0.15, 0.2) is 18.2 Å². The molecule has 78 valence electrons. The number of nitrogens with two attached hydrogens (primary N) is 1. The van der Waals surface area contributed by atoms with Crippen molar-refractivity contribution >= 4 is 11.8 Å². The van der Waals surface area contributed by atoms with E-state index in [1.54, 1.807) is 7.11 Å². The maximum absolute atomic E-state index is 5.44. The smallest absolute Gasteiger partial charge is 0.122 e. The molecule has 0 spiro atoms. The van der Waals surface area contributed by atoms with Gasteiger partial charge in [-0.1, -0.05) is 17.7 Å². The molecule has 0 aliphatic heterocycles. The van der Waals surface area contributed by atoms with E-state index in [0.29, 0.717) is 0 Å². The molecule has 0 saturated carbocycles. The van der Waals surface area contributed by atoms with Gasteiger partial charge in [0.05, 0.1) is 7.11 Å². The predicted octanol–water partition coefficient (Wildman–Crippen LogP) is 2.20. The summed E-state index contributed by atoms with van der Waals surface area (Å²) in [6.07, 6.45) is 0. The Bertz CT molecular complexity index is 289. The number of hydrogen-bond donors (Lipinski definition) is 1. The third-order valence-corrected chi connectivity index (χ3v) is 3.00. The summed E-state index contributed by atoms with van der Waals surface area (Å²) < 4.78 is 5.29. The van der Waals surface area contributed by atoms with Gasteiger partial charge in [-0.25, -0.2) is 0 Å². The maximum atomic E-state index is 5.44. The van der Waals surface area contributed by atoms with Crippen LogP contribution < -0.4 is 10.5 Å². The number of thioether (sulfide) groups is 1. The number of rotatable bonds is 5. The topological polar surface area (TPSA) is 35.2 Å². The Balaban J connectivity index is 2.67. The highest BCUT2D eigenvalue weighted by Gasteiger charge is 2.02. The zero-order chi connectivity index (χ0) is 10.4. The Morgan fingerprint density at radius 2 is 2.21 bits per heavy atom. The fraction of sp³-hybridized carbons (Fsp3) is 0.455. The summed E-state index contributed by atoms with van der Waals surface area (Å²) in [5.41, 5.74) is 7.97. The molecule has 2 N–H and O–H groups in total. The standard InChI is InChI=1S/C11H17NOS/c1-9-3-4-11(13-2)10(7-9)8-14-6-5-12/h3-4,7H,5-6,8,12H2,1-2H3. The van der Waals surface area contributed by atoms with Crippen LogP contribution in [-0.2, 0) is 5.75 Å². The largest absolute Gasteiger partial charge is 0.496 e. The monoisotopic (exact) mass is 211 g/mol. The van der Waals surface area contributed by atoms with Gasteiger partial charge in [0.15, 0.2) is 0 Å². The molecule has 14 heavy (non-hydrogen) atoms. The van der Waals surface area contributed by atoms with E-state index in [2.05, 4.69) is 19.1 Å². The number of aryl methyl sites for hydroxylation is 1. The Morgan fingerprint density at radius 1 is 1.43 bits per heavy atom. The molecular weight excluding hydrogens is 194 g/mol. The normalized spacial score (nSPS) is 10.2. The van der Waals surface area contributed by atoms with Crippen molar-refractivity contribution in [3.05, 3.63) is 29.3 Å². The van der Waals surface area contributed by atoms with E-state index in [0.717, 1.165) is 23.8 Å². The van der Waals surface area contributed by atoms with Crippen LogP contribution in [0.2, 0.25) is 0 Å². The minimum Gasteiger partial charge on any atom is -0.496 e. The number of benzene rings is 1. The SMILES string of the molecule is COc1ccc(C)cc1CSCCN. The molecule has 0 radical (unpaired) electrons. The van der Waals surface area contributed by atoms with Gasteiger partial charge in [-0.2, -0.15) is 11.8 Å². The summed E-state index contributed by atoms with van der Waals surface area (Å²) in [6.45, 7) is 2.83. The molecule has 1 aromatic carbocycles. The summed E-state index contributed by atoms with van der Waals surface area (Å²) in [4.78, 5) is 0. The van der Waals surface area contributed by atoms with Crippen LogP contribution in [0.1, 0.15) is 11.1 Å². The molecule has 0 saturated heterocycles. The van der Waals surface area contributed by atoms with E-state index >= 15 is 0 Å². The fourth-order valence-electron chi connectivity index (χ4n) is 1.29. The lowest BCUT2D eigenvalue weighted by Gasteiger charge is -2.08. The molecule has 0 bridgehead atoms. The molecule has 0 heterocycles. The first-order valence-corrected chi connectivity index (χ1v) is 5.84. The van der Waals surface area contributed by atoms with Crippen molar-refractivity contribution in [1.29, 1.82) is 0 Å². The second-order valence-electron chi connectivity index (χ2n) is 3.16. The van der Waals surface area contributed by atoms with Crippen LogP contribution in [0, 0.1) is 6.92 Å². The molecule has 0 unspecified atom stereocenters. The minimum atomic E-state index is 0.735. The highest BCUT2D eigenvalue weighted by atomic mass is 32.2. The van der Waals surface area contributed by atoms with Crippen LogP contribution in [0.5, 0.6) is 5.75 Å². The van der Waals surface area contributed by atoms with Crippen LogP contribution in [-0.4, -0.2) is 19.4 Å². The van der Waals surface area contributed by atoms with Crippen molar-refractivity contribution in [1.82, 2.24) is 0 Å². The van der Waals surface area contributed by atoms with Gasteiger partial charge in [0.1, 0.15) is 5.75 Å². The second kappa shape index (κ2) is 5.94. The van der Waals surface area contributed by atoms with Crippen molar-refractivity contribution in [2.24, 2.45) is 5.73 Å². The van der Waals surface area contributed by atoms with Crippen LogP contribution in [0.3, 0.4) is 0 Å². The van der Waals surface area contributed by atoms with Gasteiger partial charge in [0.25, 0.3) is 0 Å². The van der Waals surface area contributed by atoms with E-state index in [1.807, 2.05) is 17.8 Å². The molecule has 0 aliphatic rings. The minimum absolute atomic E-state index is 0.735. The van der Waals surface area contributed by atoms with Gasteiger partial charge in [0.2, 0.25) is 0 Å². The average Bonchev–Trinajstić information content (AvgIpc) is 2.19. The molecule has 3 heteroatoms. The third kappa shape index (κ3) is 3.24. The molecule has 0 atom stereocenters. The Hall–Kier alpha value is -0.670. The summed E-state index contributed by atoms with van der Waals surface area (Å²) in [5, 5.41) is 0. The van der Waals surface area contributed by atoms with Gasteiger partial charge in [0, 0.05) is 23.6 Å². The van der Waals surface area contributed by atoms with E-state index in [-0.39, 0.29) is 0 Å². The first kappa shape index (κ1) is 11.4. The third-order valence-electron chi connectivity index (χ3n) is 1.96. The second-order valence-corrected chi connectivity index (χ2v) is 4.26. The predicted molar refractivity (Wildman–Crippen MR) is 62.9 cm³/mol. The fourth-order valence-corrected chi connectivity index (χ4v) is 2.04. The molecule has 0 aliphatic carbocycles. The van der Waals surface area contributed by atoms with Gasteiger partial charge in [-0.15, -0.1) is 0 Å². The Kier molecular flexibility index (Phi) is 4.84. The van der Waals surface area contributed by atoms with Crippen molar-refractivity contribution < 1.29 is 4.74 Å². The van der Waals surface area contributed by atoms with Gasteiger partial charge in [-0.05, 0) is 13.0 Å². The van der Waals surface area contributed by atoms with Gasteiger partial charge >= 0.3 is 0 Å². The van der Waals surface area contributed by atoms with Crippen molar-refractivity contribution in [2.75, 3.05) is 19.4 Å². The van der Waals surface area contributed by atoms with Crippen LogP contribution in [0.25, 0.3) is 0 Å². The molecule has 1 rings (SSSR count). The van der Waals surface area contributed by atoms with Crippen molar-refractivity contribution in [3.8, 4) is 5.75 Å². The molecule has 0 amide bonds. The molecular formula is C11H17NOS. The average molecular weight is 211 g/mol. The summed E-state index contributed by atoms with van der Waals surface area (Å²) in [5.74, 6) is 2.94. The highest BCUT2D eigenvalue weighted by Crippen LogP contribution is 2.23. The number of ether oxygens (including phenoxy) is 1. The highest BCUT2D eigenvalue weighted by molar-refractivity contribution is 7.98. The summed E-state index contributed by atoms with van der Waals surface area (Å²) in [6, 6.07) is 6.26. The lowest BCUT2D eigenvalue weighted by atomic mass is 10.1. The first-order valence-electron chi connectivity index (χ1n) is 4.69. The zero-order valence-electron chi connectivity index (χ0n) is 8.75. The molecule has 0 aromatic heterocycles. The quantitative estimate of drug-likeness (QED) is 0.758. The van der Waals surface area contributed by atoms with E-state index in [4.69, 9.17) is 10.5 Å². The first-order chi connectivity index (χ1) is 6.77. The molecule has 0 fully saturated rings. The van der Waals surface area contributed by atoms with Gasteiger partial charge in [-0.3, -0.25) is 0 Å². The Morgan fingerprint density at radius 3 is 2.86 bits per heavy atom. The van der Waals surface area contributed by atoms with E-state index in [9.17, 15) is 0 Å². The van der Waals surface area contributed by atoms with Crippen LogP contribution >= 0.6 is 11.8 Å². The number of methoxy groups -OCH3 is 1. The van der Waals surface area contributed by atoms with E-state index in [1.165, 1.54) is 11.1 Å². The Labute approximate surface area is 89.8 Å². The van der Waals surface area contributed by atoms with E-state index < -0.39 is 0 Å². The zero-order valence-corrected chi connectivity index (χ0v) is 9.56.